The van der Waals surface area contributed by atoms with E-state index in [1.807, 2.05) is 30.3 Å². The van der Waals surface area contributed by atoms with E-state index in [0.29, 0.717) is 12.5 Å². The van der Waals surface area contributed by atoms with Crippen LogP contribution in [-0.2, 0) is 16.0 Å². The van der Waals surface area contributed by atoms with Crippen LogP contribution in [0.1, 0.15) is 44.6 Å². The minimum absolute atomic E-state index is 0.185. The van der Waals surface area contributed by atoms with Gasteiger partial charge >= 0.3 is 0 Å². The summed E-state index contributed by atoms with van der Waals surface area (Å²) in [6.45, 7) is 2.52. The fourth-order valence-electron chi connectivity index (χ4n) is 2.85. The lowest BCUT2D eigenvalue weighted by atomic mass is 9.85. The molecule has 2 rings (SSSR count). The topological polar surface area (TPSA) is 26.3 Å². The Labute approximate surface area is 116 Å². The average molecular weight is 260 g/mol. The maximum atomic E-state index is 11.9. The summed E-state index contributed by atoms with van der Waals surface area (Å²) in [5, 5.41) is 0. The van der Waals surface area contributed by atoms with Crippen LogP contribution in [0.2, 0.25) is 0 Å². The standard InChI is InChI=1S/C17H24O2/c1-2-14-9-6-10-17(12-14)19-13-16(18)11-15-7-4-3-5-8-15/h3-5,7-8,14,17H,2,6,9-13H2,1H3. The molecule has 1 fully saturated rings. The highest BCUT2D eigenvalue weighted by Gasteiger charge is 2.21. The van der Waals surface area contributed by atoms with Crippen LogP contribution >= 0.6 is 0 Å². The number of hydrogen-bond acceptors (Lipinski definition) is 2. The molecule has 0 saturated heterocycles. The van der Waals surface area contributed by atoms with Gasteiger partial charge in [0.2, 0.25) is 0 Å². The van der Waals surface area contributed by atoms with Crippen LogP contribution in [0.4, 0.5) is 0 Å². The van der Waals surface area contributed by atoms with Gasteiger partial charge in [0, 0.05) is 6.42 Å². The van der Waals surface area contributed by atoms with Crippen LogP contribution in [0, 0.1) is 5.92 Å². The van der Waals surface area contributed by atoms with Crippen molar-refractivity contribution in [2.45, 2.75) is 51.6 Å². The van der Waals surface area contributed by atoms with Gasteiger partial charge in [-0.25, -0.2) is 0 Å². The highest BCUT2D eigenvalue weighted by atomic mass is 16.5. The Morgan fingerprint density at radius 3 is 2.79 bits per heavy atom. The van der Waals surface area contributed by atoms with E-state index < -0.39 is 0 Å². The van der Waals surface area contributed by atoms with Crippen LogP contribution in [0.15, 0.2) is 30.3 Å². The summed E-state index contributed by atoms with van der Waals surface area (Å²) in [5.41, 5.74) is 1.08. The SMILES string of the molecule is CCC1CCCC(OCC(=O)Cc2ccccc2)C1. The molecule has 0 radical (unpaired) electrons. The highest BCUT2D eigenvalue weighted by Crippen LogP contribution is 2.28. The zero-order valence-corrected chi connectivity index (χ0v) is 11.8. The molecule has 19 heavy (non-hydrogen) atoms. The van der Waals surface area contributed by atoms with Gasteiger partial charge in [-0.2, -0.15) is 0 Å². The largest absolute Gasteiger partial charge is 0.370 e. The molecule has 0 heterocycles. The zero-order chi connectivity index (χ0) is 13.5. The lowest BCUT2D eigenvalue weighted by Gasteiger charge is -2.28. The molecule has 0 N–H and O–H groups in total. The van der Waals surface area contributed by atoms with Gasteiger partial charge in [-0.05, 0) is 24.3 Å². The summed E-state index contributed by atoms with van der Waals surface area (Å²) in [6, 6.07) is 9.89. The van der Waals surface area contributed by atoms with E-state index in [1.54, 1.807) is 0 Å². The third-order valence-corrected chi connectivity index (χ3v) is 4.04. The Morgan fingerprint density at radius 2 is 2.05 bits per heavy atom. The maximum Gasteiger partial charge on any atom is 0.162 e. The van der Waals surface area contributed by atoms with Crippen molar-refractivity contribution in [1.82, 2.24) is 0 Å². The first-order valence-corrected chi connectivity index (χ1v) is 7.45. The fourth-order valence-corrected chi connectivity index (χ4v) is 2.85. The number of ketones is 1. The summed E-state index contributed by atoms with van der Waals surface area (Å²) < 4.78 is 5.80. The molecule has 2 heteroatoms. The summed E-state index contributed by atoms with van der Waals surface area (Å²) in [5.74, 6) is 0.979. The first-order chi connectivity index (χ1) is 9.28. The third kappa shape index (κ3) is 4.79. The number of benzene rings is 1. The second kappa shape index (κ2) is 7.44. The van der Waals surface area contributed by atoms with Crippen LogP contribution in [0.25, 0.3) is 0 Å². The van der Waals surface area contributed by atoms with Crippen molar-refractivity contribution in [2.24, 2.45) is 5.92 Å². The first kappa shape index (κ1) is 14.3. The van der Waals surface area contributed by atoms with Gasteiger partial charge in [-0.3, -0.25) is 4.79 Å². The van der Waals surface area contributed by atoms with E-state index in [1.165, 1.54) is 19.3 Å². The molecule has 1 aliphatic carbocycles. The number of hydrogen-bond donors (Lipinski definition) is 0. The van der Waals surface area contributed by atoms with Crippen molar-refractivity contribution in [2.75, 3.05) is 6.61 Å². The number of carbonyl (C=O) groups excluding carboxylic acids is 1. The molecular weight excluding hydrogens is 236 g/mol. The second-order valence-corrected chi connectivity index (χ2v) is 5.57. The molecule has 2 unspecified atom stereocenters. The lowest BCUT2D eigenvalue weighted by molar-refractivity contribution is -0.126. The predicted molar refractivity (Wildman–Crippen MR) is 77.1 cm³/mol. The molecule has 0 amide bonds. The summed E-state index contributed by atoms with van der Waals surface area (Å²) in [4.78, 5) is 11.9. The Balaban J connectivity index is 1.71. The number of carbonyl (C=O) groups is 1. The van der Waals surface area contributed by atoms with E-state index in [4.69, 9.17) is 4.74 Å². The van der Waals surface area contributed by atoms with Crippen LogP contribution in [-0.4, -0.2) is 18.5 Å². The zero-order valence-electron chi connectivity index (χ0n) is 11.8. The van der Waals surface area contributed by atoms with Gasteiger partial charge in [0.05, 0.1) is 6.10 Å². The van der Waals surface area contributed by atoms with Gasteiger partial charge in [-0.15, -0.1) is 0 Å². The molecule has 1 aliphatic rings. The van der Waals surface area contributed by atoms with Gasteiger partial charge in [0.25, 0.3) is 0 Å². The minimum Gasteiger partial charge on any atom is -0.370 e. The van der Waals surface area contributed by atoms with Crippen molar-refractivity contribution in [3.8, 4) is 0 Å². The second-order valence-electron chi connectivity index (χ2n) is 5.57. The molecule has 0 aromatic heterocycles. The molecule has 1 aromatic carbocycles. The minimum atomic E-state index is 0.185. The monoisotopic (exact) mass is 260 g/mol. The summed E-state index contributed by atoms with van der Waals surface area (Å²) in [7, 11) is 0. The maximum absolute atomic E-state index is 11.9. The molecule has 1 aromatic rings. The molecule has 0 spiro atoms. The Kier molecular flexibility index (Phi) is 5.59. The van der Waals surface area contributed by atoms with Crippen molar-refractivity contribution < 1.29 is 9.53 Å². The predicted octanol–water partition coefficient (Wildman–Crippen LogP) is 3.78. The van der Waals surface area contributed by atoms with Crippen molar-refractivity contribution in [1.29, 1.82) is 0 Å². The normalized spacial score (nSPS) is 23.2. The van der Waals surface area contributed by atoms with E-state index in [9.17, 15) is 4.79 Å². The van der Waals surface area contributed by atoms with Crippen molar-refractivity contribution in [3.63, 3.8) is 0 Å². The number of rotatable bonds is 6. The Bertz CT molecular complexity index is 386. The summed E-state index contributed by atoms with van der Waals surface area (Å²) >= 11 is 0. The highest BCUT2D eigenvalue weighted by molar-refractivity contribution is 5.82. The van der Waals surface area contributed by atoms with Gasteiger partial charge in [-0.1, -0.05) is 56.5 Å². The Hall–Kier alpha value is -1.15. The molecule has 2 atom stereocenters. The molecule has 0 bridgehead atoms. The van der Waals surface area contributed by atoms with E-state index in [2.05, 4.69) is 6.92 Å². The van der Waals surface area contributed by atoms with Crippen molar-refractivity contribution >= 4 is 5.78 Å². The van der Waals surface area contributed by atoms with Crippen LogP contribution < -0.4 is 0 Å². The molecule has 0 aliphatic heterocycles. The van der Waals surface area contributed by atoms with E-state index >= 15 is 0 Å². The third-order valence-electron chi connectivity index (χ3n) is 4.04. The van der Waals surface area contributed by atoms with Gasteiger partial charge in [0.15, 0.2) is 5.78 Å². The van der Waals surface area contributed by atoms with Crippen LogP contribution in [0.3, 0.4) is 0 Å². The van der Waals surface area contributed by atoms with E-state index in [-0.39, 0.29) is 12.4 Å². The molecule has 2 nitrogen and oxygen atoms in total. The summed E-state index contributed by atoms with van der Waals surface area (Å²) in [6.07, 6.45) is 6.86. The lowest BCUT2D eigenvalue weighted by Crippen LogP contribution is -2.25. The number of Topliss-reactive ketones (excluding diaryl/α,β-unsaturated/α-hetero) is 1. The first-order valence-electron chi connectivity index (χ1n) is 7.45. The van der Waals surface area contributed by atoms with E-state index in [0.717, 1.165) is 24.3 Å². The molecule has 1 saturated carbocycles. The fraction of sp³-hybridized carbons (Fsp3) is 0.588. The smallest absolute Gasteiger partial charge is 0.162 e. The molecular formula is C17H24O2. The van der Waals surface area contributed by atoms with Gasteiger partial charge in [0.1, 0.15) is 6.61 Å². The molecule has 104 valence electrons. The van der Waals surface area contributed by atoms with Crippen molar-refractivity contribution in [3.05, 3.63) is 35.9 Å². The average Bonchev–Trinajstić information content (AvgIpc) is 2.46. The Morgan fingerprint density at radius 1 is 1.26 bits per heavy atom. The van der Waals surface area contributed by atoms with Crippen LogP contribution in [0.5, 0.6) is 0 Å². The number of ether oxygens (including phenoxy) is 1. The van der Waals surface area contributed by atoms with Gasteiger partial charge < -0.3 is 4.74 Å². The quantitative estimate of drug-likeness (QED) is 0.778.